The van der Waals surface area contributed by atoms with Crippen molar-refractivity contribution >= 4 is 15.9 Å². The van der Waals surface area contributed by atoms with Gasteiger partial charge in [-0.1, -0.05) is 54.4 Å². The average Bonchev–Trinajstić information content (AvgIpc) is 2.68. The van der Waals surface area contributed by atoms with E-state index in [1.807, 2.05) is 69.0 Å². The standard InChI is InChI=1S/C25H34N2O3S/c1-18-6-8-23(9-7-18)16-27(17-24(28)26-12-10-19(2)11-13-26)31(29,30)25-21(4)14-20(3)15-22(25)5/h6-9,14-15,19H,10-13,16-17H2,1-5H3. The molecule has 0 N–H and O–H groups in total. The molecule has 1 amide bonds. The first kappa shape index (κ1) is 23.5. The van der Waals surface area contributed by atoms with Crippen LogP contribution in [0.15, 0.2) is 41.3 Å². The number of nitrogens with zero attached hydrogens (tertiary/aromatic N) is 2. The second-order valence-electron chi connectivity index (χ2n) is 9.05. The largest absolute Gasteiger partial charge is 0.342 e. The minimum atomic E-state index is -3.85. The Balaban J connectivity index is 1.94. The summed E-state index contributed by atoms with van der Waals surface area (Å²) in [7, 11) is -3.85. The smallest absolute Gasteiger partial charge is 0.244 e. The molecule has 1 aliphatic heterocycles. The number of likely N-dealkylation sites (tertiary alicyclic amines) is 1. The van der Waals surface area contributed by atoms with Gasteiger partial charge >= 0.3 is 0 Å². The zero-order valence-corrected chi connectivity index (χ0v) is 20.1. The molecule has 31 heavy (non-hydrogen) atoms. The minimum Gasteiger partial charge on any atom is -0.342 e. The highest BCUT2D eigenvalue weighted by molar-refractivity contribution is 7.89. The van der Waals surface area contributed by atoms with Crippen LogP contribution < -0.4 is 0 Å². The van der Waals surface area contributed by atoms with Gasteiger partial charge in [-0.05, 0) is 63.1 Å². The lowest BCUT2D eigenvalue weighted by Gasteiger charge is -2.32. The molecule has 1 heterocycles. The molecule has 0 radical (unpaired) electrons. The molecule has 0 aliphatic carbocycles. The number of carbonyl (C=O) groups excluding carboxylic acids is 1. The Bertz CT molecular complexity index is 1010. The van der Waals surface area contributed by atoms with Gasteiger partial charge in [0, 0.05) is 19.6 Å². The maximum absolute atomic E-state index is 13.8. The number of aryl methyl sites for hydroxylation is 4. The Hall–Kier alpha value is -2.18. The molecule has 0 aromatic heterocycles. The van der Waals surface area contributed by atoms with E-state index in [0.717, 1.165) is 29.5 Å². The van der Waals surface area contributed by atoms with E-state index in [9.17, 15) is 13.2 Å². The number of hydrogen-bond acceptors (Lipinski definition) is 3. The number of benzene rings is 2. The van der Waals surface area contributed by atoms with Crippen molar-refractivity contribution in [1.82, 2.24) is 9.21 Å². The second-order valence-corrected chi connectivity index (χ2v) is 10.9. The fourth-order valence-corrected chi connectivity index (χ4v) is 6.12. The molecule has 1 aliphatic rings. The van der Waals surface area contributed by atoms with E-state index in [4.69, 9.17) is 0 Å². The summed E-state index contributed by atoms with van der Waals surface area (Å²) in [6.07, 6.45) is 1.93. The van der Waals surface area contributed by atoms with E-state index < -0.39 is 10.0 Å². The quantitative estimate of drug-likeness (QED) is 0.667. The molecule has 6 heteroatoms. The summed E-state index contributed by atoms with van der Waals surface area (Å²) in [6, 6.07) is 11.6. The van der Waals surface area contributed by atoms with Gasteiger partial charge in [-0.2, -0.15) is 4.31 Å². The third-order valence-electron chi connectivity index (χ3n) is 6.13. The zero-order valence-electron chi connectivity index (χ0n) is 19.3. The van der Waals surface area contributed by atoms with Gasteiger partial charge in [0.2, 0.25) is 15.9 Å². The van der Waals surface area contributed by atoms with E-state index in [-0.39, 0.29) is 19.0 Å². The van der Waals surface area contributed by atoms with Gasteiger partial charge in [0.15, 0.2) is 0 Å². The van der Waals surface area contributed by atoms with Gasteiger partial charge in [0.05, 0.1) is 11.4 Å². The lowest BCUT2D eigenvalue weighted by molar-refractivity contribution is -0.132. The first-order valence-electron chi connectivity index (χ1n) is 11.0. The maximum atomic E-state index is 13.8. The lowest BCUT2D eigenvalue weighted by Crippen LogP contribution is -2.45. The second kappa shape index (κ2) is 9.53. The van der Waals surface area contributed by atoms with Crippen molar-refractivity contribution in [3.05, 3.63) is 64.2 Å². The van der Waals surface area contributed by atoms with Crippen molar-refractivity contribution in [2.24, 2.45) is 5.92 Å². The van der Waals surface area contributed by atoms with Crippen molar-refractivity contribution in [3.63, 3.8) is 0 Å². The number of piperidine rings is 1. The van der Waals surface area contributed by atoms with Crippen LogP contribution in [0.5, 0.6) is 0 Å². The summed E-state index contributed by atoms with van der Waals surface area (Å²) in [5, 5.41) is 0. The first-order valence-corrected chi connectivity index (χ1v) is 12.4. The Morgan fingerprint density at radius 2 is 1.52 bits per heavy atom. The van der Waals surface area contributed by atoms with Crippen molar-refractivity contribution in [2.75, 3.05) is 19.6 Å². The third-order valence-corrected chi connectivity index (χ3v) is 8.23. The normalized spacial score (nSPS) is 15.5. The van der Waals surface area contributed by atoms with Crippen LogP contribution in [-0.4, -0.2) is 43.2 Å². The molecule has 1 saturated heterocycles. The molecule has 0 saturated carbocycles. The van der Waals surface area contributed by atoms with E-state index in [2.05, 4.69) is 6.92 Å². The molecule has 2 aromatic carbocycles. The van der Waals surface area contributed by atoms with Crippen LogP contribution in [-0.2, 0) is 21.4 Å². The van der Waals surface area contributed by atoms with Crippen LogP contribution in [0, 0.1) is 33.6 Å². The molecule has 1 fully saturated rings. The number of hydrogen-bond donors (Lipinski definition) is 0. The Morgan fingerprint density at radius 1 is 0.968 bits per heavy atom. The van der Waals surface area contributed by atoms with Gasteiger partial charge in [-0.3, -0.25) is 4.79 Å². The molecule has 0 unspecified atom stereocenters. The van der Waals surface area contributed by atoms with Crippen LogP contribution >= 0.6 is 0 Å². The predicted molar refractivity (Wildman–Crippen MR) is 124 cm³/mol. The molecule has 0 bridgehead atoms. The fourth-order valence-electron chi connectivity index (χ4n) is 4.33. The zero-order chi connectivity index (χ0) is 22.8. The Morgan fingerprint density at radius 3 is 2.06 bits per heavy atom. The Kier molecular flexibility index (Phi) is 7.22. The molecule has 0 atom stereocenters. The van der Waals surface area contributed by atoms with E-state index in [0.29, 0.717) is 35.0 Å². The summed E-state index contributed by atoms with van der Waals surface area (Å²) in [5.74, 6) is 0.485. The number of carbonyl (C=O) groups is 1. The van der Waals surface area contributed by atoms with Crippen LogP contribution in [0.25, 0.3) is 0 Å². The van der Waals surface area contributed by atoms with Gasteiger partial charge in [-0.25, -0.2) is 8.42 Å². The predicted octanol–water partition coefficient (Wildman–Crippen LogP) is 4.37. The molecule has 0 spiro atoms. The number of rotatable bonds is 6. The maximum Gasteiger partial charge on any atom is 0.244 e. The Labute approximate surface area is 187 Å². The number of amides is 1. The molecular formula is C25H34N2O3S. The van der Waals surface area contributed by atoms with Crippen molar-refractivity contribution < 1.29 is 13.2 Å². The molecule has 3 rings (SSSR count). The highest BCUT2D eigenvalue weighted by Crippen LogP contribution is 2.27. The topological polar surface area (TPSA) is 57.7 Å². The molecule has 168 valence electrons. The monoisotopic (exact) mass is 442 g/mol. The van der Waals surface area contributed by atoms with Crippen LogP contribution in [0.4, 0.5) is 0 Å². The van der Waals surface area contributed by atoms with Crippen LogP contribution in [0.2, 0.25) is 0 Å². The van der Waals surface area contributed by atoms with Gasteiger partial charge < -0.3 is 4.90 Å². The lowest BCUT2D eigenvalue weighted by atomic mass is 9.99. The van der Waals surface area contributed by atoms with Crippen LogP contribution in [0.3, 0.4) is 0 Å². The summed E-state index contributed by atoms with van der Waals surface area (Å²) in [6.45, 7) is 11.2. The van der Waals surface area contributed by atoms with Crippen molar-refractivity contribution in [1.29, 1.82) is 0 Å². The summed E-state index contributed by atoms with van der Waals surface area (Å²) in [5.41, 5.74) is 4.44. The molecular weight excluding hydrogens is 408 g/mol. The highest BCUT2D eigenvalue weighted by Gasteiger charge is 2.32. The summed E-state index contributed by atoms with van der Waals surface area (Å²) >= 11 is 0. The van der Waals surface area contributed by atoms with E-state index >= 15 is 0 Å². The summed E-state index contributed by atoms with van der Waals surface area (Å²) in [4.78, 5) is 15.2. The van der Waals surface area contributed by atoms with Gasteiger partial charge in [-0.15, -0.1) is 0 Å². The van der Waals surface area contributed by atoms with Crippen molar-refractivity contribution in [2.45, 2.75) is 58.9 Å². The van der Waals surface area contributed by atoms with Crippen molar-refractivity contribution in [3.8, 4) is 0 Å². The first-order chi connectivity index (χ1) is 14.6. The minimum absolute atomic E-state index is 0.120. The van der Waals surface area contributed by atoms with Crippen LogP contribution in [0.1, 0.15) is 47.6 Å². The van der Waals surface area contributed by atoms with E-state index in [1.165, 1.54) is 4.31 Å². The van der Waals surface area contributed by atoms with Gasteiger partial charge in [0.25, 0.3) is 0 Å². The van der Waals surface area contributed by atoms with E-state index in [1.54, 1.807) is 0 Å². The molecule has 5 nitrogen and oxygen atoms in total. The molecule has 2 aromatic rings. The average molecular weight is 443 g/mol. The SMILES string of the molecule is Cc1ccc(CN(CC(=O)N2CCC(C)CC2)S(=O)(=O)c2c(C)cc(C)cc2C)cc1. The number of sulfonamides is 1. The summed E-state index contributed by atoms with van der Waals surface area (Å²) < 4.78 is 28.9. The third kappa shape index (κ3) is 5.55. The van der Waals surface area contributed by atoms with Gasteiger partial charge in [0.1, 0.15) is 0 Å². The highest BCUT2D eigenvalue weighted by atomic mass is 32.2. The fraction of sp³-hybridized carbons (Fsp3) is 0.480.